The Labute approximate surface area is 474 Å². The molecule has 4 aromatic heterocycles. The first-order valence-corrected chi connectivity index (χ1v) is 29.0. The van der Waals surface area contributed by atoms with Gasteiger partial charge < -0.3 is 76.4 Å². The van der Waals surface area contributed by atoms with Gasteiger partial charge in [-0.25, -0.2) is 32.5 Å². The zero-order chi connectivity index (χ0) is 57.6. The Morgan fingerprint density at radius 3 is 2.02 bits per heavy atom. The van der Waals surface area contributed by atoms with Gasteiger partial charge in [-0.15, -0.1) is 5.10 Å². The lowest BCUT2D eigenvalue weighted by molar-refractivity contribution is -0.136. The summed E-state index contributed by atoms with van der Waals surface area (Å²) in [5.74, 6) is -3.71. The molecule has 2 N–H and O–H groups in total. The van der Waals surface area contributed by atoms with Crippen LogP contribution in [0, 0.1) is 22.9 Å². The van der Waals surface area contributed by atoms with E-state index in [0.717, 1.165) is 44.4 Å². The summed E-state index contributed by atoms with van der Waals surface area (Å²) in [5, 5.41) is 13.7. The summed E-state index contributed by atoms with van der Waals surface area (Å²) >= 11 is 6.46. The van der Waals surface area contributed by atoms with E-state index in [1.54, 1.807) is 34.2 Å². The van der Waals surface area contributed by atoms with Gasteiger partial charge in [-0.2, -0.15) is 15.1 Å². The number of carbonyl (C=O) groups excluding carboxylic acids is 1. The van der Waals surface area contributed by atoms with Gasteiger partial charge in [0.1, 0.15) is 30.3 Å². The lowest BCUT2D eigenvalue weighted by Crippen LogP contribution is -2.63. The van der Waals surface area contributed by atoms with Gasteiger partial charge >= 0.3 is 13.6 Å². The van der Waals surface area contributed by atoms with Crippen LogP contribution < -0.4 is 19.3 Å². The number of fused-ring (bicyclic) bond motifs is 1. The summed E-state index contributed by atoms with van der Waals surface area (Å²) in [5.41, 5.74) is 1.26. The summed E-state index contributed by atoms with van der Waals surface area (Å²) in [6.45, 7) is 9.33. The maximum atomic E-state index is 13.6. The molecule has 0 aliphatic carbocycles. The molecule has 27 nitrogen and oxygen atoms in total. The lowest BCUT2D eigenvalue weighted by atomic mass is 9.73. The molecular formula is C50H68ClF3N11O16P. The molecule has 3 fully saturated rings. The monoisotopic (exact) mass is 1200 g/mol. The lowest BCUT2D eigenvalue weighted by Gasteiger charge is -2.55. The standard InChI is InChI=1S/C50H68ClF3N11O16P/c51-48-58-46(40-28-57-65(47(40)59-48)43-3-2-38(80-43)31-78-35-82(67,68)69)63-33-50(34-63)5-1-6-62(32-50)49-55-26-39(27-56-49)79-23-22-76-19-18-74-16-17-75-20-21-77-30-37-29-64(61-60-37)7-9-71-11-13-73-15-14-72-12-10-70-8-4-44(66)81-45-41(53)24-36(52)25-42(45)54/h24-29,38,43H,1-23,30-35H2,(H2,67,68,69). The van der Waals surface area contributed by atoms with E-state index in [2.05, 4.69) is 49.9 Å². The summed E-state index contributed by atoms with van der Waals surface area (Å²) in [4.78, 5) is 52.7. The fourth-order valence-electron chi connectivity index (χ4n) is 9.16. The second-order valence-electron chi connectivity index (χ2n) is 19.3. The molecule has 0 amide bonds. The molecule has 452 valence electrons. The Morgan fingerprint density at radius 2 is 1.37 bits per heavy atom. The molecule has 1 spiro atoms. The fraction of sp³-hybridized carbons (Fsp3) is 0.640. The van der Waals surface area contributed by atoms with Gasteiger partial charge in [0.15, 0.2) is 29.3 Å². The van der Waals surface area contributed by atoms with E-state index in [4.69, 9.17) is 73.5 Å². The Morgan fingerprint density at radius 1 is 0.756 bits per heavy atom. The number of benzene rings is 1. The minimum Gasteiger partial charge on any atom is -0.488 e. The van der Waals surface area contributed by atoms with Crippen LogP contribution in [-0.4, -0.2) is 211 Å². The number of carbonyl (C=O) groups is 1. The predicted molar refractivity (Wildman–Crippen MR) is 282 cm³/mol. The van der Waals surface area contributed by atoms with Crippen LogP contribution in [-0.2, 0) is 69.9 Å². The topological polar surface area (TPSA) is 292 Å². The Bertz CT molecular complexity index is 2780. The van der Waals surface area contributed by atoms with Crippen molar-refractivity contribution >= 4 is 48.0 Å². The highest BCUT2D eigenvalue weighted by molar-refractivity contribution is 7.51. The van der Waals surface area contributed by atoms with Crippen LogP contribution in [0.2, 0.25) is 5.28 Å². The zero-order valence-electron chi connectivity index (χ0n) is 45.1. The molecule has 7 heterocycles. The van der Waals surface area contributed by atoms with Gasteiger partial charge in [0.2, 0.25) is 17.0 Å². The maximum Gasteiger partial charge on any atom is 0.350 e. The summed E-state index contributed by atoms with van der Waals surface area (Å²) in [7, 11) is -4.26. The first-order valence-electron chi connectivity index (χ1n) is 26.8. The van der Waals surface area contributed by atoms with E-state index >= 15 is 0 Å². The van der Waals surface area contributed by atoms with Gasteiger partial charge in [-0.05, 0) is 37.3 Å². The number of rotatable bonds is 38. The SMILES string of the molecule is O=C(CCOCCOCCOCCOCCn1cc(COCCOCCOCCOCCOc2cnc(N3CCCC4(C3)CN(c3nc(Cl)nc5c3cnn5C3CCC(COCP(=O)(O)O)O3)C4)nc2)nn1)Oc1c(F)cc(F)cc1F. The van der Waals surface area contributed by atoms with Crippen molar-refractivity contribution in [2.45, 2.75) is 57.6 Å². The highest BCUT2D eigenvalue weighted by Gasteiger charge is 2.47. The molecule has 2 atom stereocenters. The van der Waals surface area contributed by atoms with Crippen LogP contribution in [0.3, 0.4) is 0 Å². The molecule has 0 saturated carbocycles. The van der Waals surface area contributed by atoms with Crippen molar-refractivity contribution in [2.24, 2.45) is 5.41 Å². The van der Waals surface area contributed by atoms with E-state index in [0.29, 0.717) is 153 Å². The normalized spacial score (nSPS) is 17.1. The smallest absolute Gasteiger partial charge is 0.350 e. The van der Waals surface area contributed by atoms with Crippen molar-refractivity contribution in [3.05, 3.63) is 65.3 Å². The van der Waals surface area contributed by atoms with Crippen LogP contribution in [0.4, 0.5) is 24.9 Å². The molecule has 32 heteroatoms. The first-order chi connectivity index (χ1) is 39.8. The maximum absolute atomic E-state index is 13.6. The minimum atomic E-state index is -4.26. The Kier molecular flexibility index (Phi) is 24.6. The second-order valence-corrected chi connectivity index (χ2v) is 21.2. The largest absolute Gasteiger partial charge is 0.488 e. The number of hydrogen-bond acceptors (Lipinski definition) is 23. The zero-order valence-corrected chi connectivity index (χ0v) is 46.8. The molecule has 0 radical (unpaired) electrons. The van der Waals surface area contributed by atoms with Crippen molar-refractivity contribution < 1.29 is 89.2 Å². The van der Waals surface area contributed by atoms with Gasteiger partial charge in [-0.3, -0.25) is 9.36 Å². The van der Waals surface area contributed by atoms with Gasteiger partial charge in [0.05, 0.1) is 162 Å². The third-order valence-corrected chi connectivity index (χ3v) is 13.6. The summed E-state index contributed by atoms with van der Waals surface area (Å²) in [6.07, 6.45) is 8.50. The molecule has 5 aromatic rings. The number of ether oxygens (including phenoxy) is 12. The van der Waals surface area contributed by atoms with E-state index in [9.17, 15) is 22.5 Å². The summed E-state index contributed by atoms with van der Waals surface area (Å²) < 4.78 is 121. The third-order valence-electron chi connectivity index (χ3n) is 12.9. The molecule has 3 aliphatic heterocycles. The molecule has 3 aliphatic rings. The molecular weight excluding hydrogens is 1130 g/mol. The predicted octanol–water partition coefficient (Wildman–Crippen LogP) is 3.92. The molecule has 1 aromatic carbocycles. The number of esters is 1. The van der Waals surface area contributed by atoms with E-state index in [1.807, 2.05) is 0 Å². The van der Waals surface area contributed by atoms with Crippen molar-refractivity contribution in [3.8, 4) is 11.5 Å². The Balaban J connectivity index is 0.575. The number of anilines is 2. The number of hydrogen-bond donors (Lipinski definition) is 2. The van der Waals surface area contributed by atoms with Crippen LogP contribution in [0.15, 0.2) is 36.9 Å². The molecule has 0 bridgehead atoms. The highest BCUT2D eigenvalue weighted by Crippen LogP contribution is 2.44. The fourth-order valence-corrected chi connectivity index (χ4v) is 9.67. The molecule has 3 saturated heterocycles. The number of piperidine rings is 1. The van der Waals surface area contributed by atoms with E-state index in [1.165, 1.54) is 0 Å². The number of halogens is 4. The second kappa shape index (κ2) is 32.1. The van der Waals surface area contributed by atoms with Crippen molar-refractivity contribution in [2.75, 3.05) is 155 Å². The quantitative estimate of drug-likeness (QED) is 0.0186. The number of nitrogens with zero attached hydrogens (tertiary/aromatic N) is 11. The Hall–Kier alpha value is -5.31. The average Bonchev–Trinajstić information content (AvgIpc) is 2.55. The highest BCUT2D eigenvalue weighted by atomic mass is 35.5. The van der Waals surface area contributed by atoms with Crippen molar-refractivity contribution in [1.29, 1.82) is 0 Å². The van der Waals surface area contributed by atoms with Gasteiger partial charge in [0, 0.05) is 43.7 Å². The van der Waals surface area contributed by atoms with Crippen molar-refractivity contribution in [1.82, 2.24) is 44.7 Å². The van der Waals surface area contributed by atoms with Crippen LogP contribution >= 0.6 is 19.2 Å². The van der Waals surface area contributed by atoms with E-state index < -0.39 is 49.3 Å². The van der Waals surface area contributed by atoms with Crippen LogP contribution in [0.1, 0.15) is 44.0 Å². The van der Waals surface area contributed by atoms with Crippen LogP contribution in [0.25, 0.3) is 11.0 Å². The average molecular weight is 1200 g/mol. The third kappa shape index (κ3) is 19.9. The summed E-state index contributed by atoms with van der Waals surface area (Å²) in [6, 6.07) is 0.842. The first kappa shape index (κ1) is 62.7. The van der Waals surface area contributed by atoms with Crippen molar-refractivity contribution in [3.63, 3.8) is 0 Å². The number of aromatic nitrogens is 9. The molecule has 82 heavy (non-hydrogen) atoms. The van der Waals surface area contributed by atoms with Gasteiger partial charge in [0.25, 0.3) is 0 Å². The molecule has 2 unspecified atom stereocenters. The van der Waals surface area contributed by atoms with E-state index in [-0.39, 0.29) is 49.7 Å². The van der Waals surface area contributed by atoms with Gasteiger partial charge in [-0.1, -0.05) is 5.21 Å². The van der Waals surface area contributed by atoms with Crippen LogP contribution in [0.5, 0.6) is 11.5 Å². The molecule has 8 rings (SSSR count). The minimum absolute atomic E-state index is 0.0205.